The molecule has 0 unspecified atom stereocenters. The lowest BCUT2D eigenvalue weighted by atomic mass is 10.3. The van der Waals surface area contributed by atoms with Gasteiger partial charge >= 0.3 is 0 Å². The van der Waals surface area contributed by atoms with E-state index in [-0.39, 0.29) is 5.69 Å². The van der Waals surface area contributed by atoms with E-state index in [1.807, 2.05) is 6.92 Å². The van der Waals surface area contributed by atoms with Crippen molar-refractivity contribution in [2.45, 2.75) is 13.3 Å². The molecule has 0 bridgehead atoms. The molecule has 0 amide bonds. The maximum atomic E-state index is 10.3. The second-order valence-electron chi connectivity index (χ2n) is 2.52. The van der Waals surface area contributed by atoms with Crippen molar-refractivity contribution in [3.8, 4) is 5.75 Å². The minimum atomic E-state index is -0.458. The molecular formula is C9H10NO3. The van der Waals surface area contributed by atoms with Gasteiger partial charge in [-0.25, -0.2) is 0 Å². The summed E-state index contributed by atoms with van der Waals surface area (Å²) in [7, 11) is 0. The van der Waals surface area contributed by atoms with Crippen LogP contribution >= 0.6 is 0 Å². The molecule has 0 aromatic heterocycles. The second-order valence-corrected chi connectivity index (χ2v) is 2.52. The Hall–Kier alpha value is -1.58. The number of ether oxygens (including phenoxy) is 1. The fourth-order valence-corrected chi connectivity index (χ4v) is 0.818. The van der Waals surface area contributed by atoms with Crippen molar-refractivity contribution < 1.29 is 9.66 Å². The van der Waals surface area contributed by atoms with Crippen LogP contribution in [0.4, 0.5) is 5.69 Å². The van der Waals surface area contributed by atoms with Crippen LogP contribution in [0.3, 0.4) is 0 Å². The van der Waals surface area contributed by atoms with Crippen LogP contribution in [0.2, 0.25) is 0 Å². The quantitative estimate of drug-likeness (QED) is 0.527. The lowest BCUT2D eigenvalue weighted by Crippen LogP contribution is -1.95. The molecule has 0 N–H and O–H groups in total. The average molecular weight is 180 g/mol. The standard InChI is InChI=1S/C9H10NO3/c1-2-7-13-9-5-3-8(4-6-9)10(11)12/h3-5H,2,7H2,1H3. The highest BCUT2D eigenvalue weighted by Crippen LogP contribution is 2.16. The summed E-state index contributed by atoms with van der Waals surface area (Å²) >= 11 is 0. The van der Waals surface area contributed by atoms with Crippen LogP contribution in [-0.2, 0) is 0 Å². The van der Waals surface area contributed by atoms with Crippen LogP contribution in [0.1, 0.15) is 13.3 Å². The van der Waals surface area contributed by atoms with Gasteiger partial charge in [-0.3, -0.25) is 10.1 Å². The number of non-ortho nitro benzene ring substituents is 1. The Morgan fingerprint density at radius 3 is 2.85 bits per heavy atom. The molecule has 4 nitrogen and oxygen atoms in total. The number of nitro groups is 1. The second kappa shape index (κ2) is 4.45. The molecule has 0 aliphatic rings. The van der Waals surface area contributed by atoms with E-state index in [9.17, 15) is 10.1 Å². The first-order valence-electron chi connectivity index (χ1n) is 4.03. The van der Waals surface area contributed by atoms with Crippen LogP contribution in [0.25, 0.3) is 0 Å². The van der Waals surface area contributed by atoms with Gasteiger partial charge in [0, 0.05) is 18.2 Å². The molecule has 69 valence electrons. The van der Waals surface area contributed by atoms with Crippen molar-refractivity contribution in [2.75, 3.05) is 6.61 Å². The molecule has 1 aromatic carbocycles. The summed E-state index contributed by atoms with van der Waals surface area (Å²) in [6.07, 6.45) is 0.908. The fourth-order valence-electron chi connectivity index (χ4n) is 0.818. The normalized spacial score (nSPS) is 9.62. The molecule has 0 saturated heterocycles. The topological polar surface area (TPSA) is 52.4 Å². The molecule has 0 saturated carbocycles. The Morgan fingerprint density at radius 1 is 1.62 bits per heavy atom. The lowest BCUT2D eigenvalue weighted by molar-refractivity contribution is -0.384. The first-order valence-corrected chi connectivity index (χ1v) is 4.03. The fraction of sp³-hybridized carbons (Fsp3) is 0.333. The van der Waals surface area contributed by atoms with Crippen molar-refractivity contribution in [1.82, 2.24) is 0 Å². The van der Waals surface area contributed by atoms with Crippen LogP contribution < -0.4 is 4.74 Å². The molecule has 0 aliphatic carbocycles. The van der Waals surface area contributed by atoms with Gasteiger partial charge < -0.3 is 4.74 Å². The summed E-state index contributed by atoms with van der Waals surface area (Å²) in [5.74, 6) is 0.549. The molecule has 0 fully saturated rings. The summed E-state index contributed by atoms with van der Waals surface area (Å²) in [6.45, 7) is 2.60. The maximum absolute atomic E-state index is 10.3. The highest BCUT2D eigenvalue weighted by atomic mass is 16.6. The third-order valence-corrected chi connectivity index (χ3v) is 1.44. The Morgan fingerprint density at radius 2 is 2.38 bits per heavy atom. The van der Waals surface area contributed by atoms with Gasteiger partial charge in [0.2, 0.25) is 0 Å². The van der Waals surface area contributed by atoms with E-state index in [1.165, 1.54) is 12.1 Å². The Bertz CT molecular complexity index is 281. The van der Waals surface area contributed by atoms with Gasteiger partial charge in [0.25, 0.3) is 5.69 Å². The van der Waals surface area contributed by atoms with E-state index in [2.05, 4.69) is 6.07 Å². The molecule has 0 aliphatic heterocycles. The van der Waals surface area contributed by atoms with Crippen molar-refractivity contribution in [1.29, 1.82) is 0 Å². The van der Waals surface area contributed by atoms with E-state index in [0.717, 1.165) is 6.42 Å². The predicted octanol–water partition coefficient (Wildman–Crippen LogP) is 2.18. The molecule has 0 atom stereocenters. The van der Waals surface area contributed by atoms with Gasteiger partial charge in [-0.2, -0.15) is 0 Å². The van der Waals surface area contributed by atoms with Crippen molar-refractivity contribution >= 4 is 5.69 Å². The number of rotatable bonds is 4. The Balaban J connectivity index is 2.64. The van der Waals surface area contributed by atoms with Crippen LogP contribution in [0, 0.1) is 16.2 Å². The summed E-state index contributed by atoms with van der Waals surface area (Å²) in [5, 5.41) is 10.3. The SMILES string of the molecule is CCCOc1[c]cc([N+](=O)[O-])cc1. The van der Waals surface area contributed by atoms with Gasteiger partial charge in [-0.1, -0.05) is 6.92 Å². The monoisotopic (exact) mass is 180 g/mol. The van der Waals surface area contributed by atoms with E-state index >= 15 is 0 Å². The van der Waals surface area contributed by atoms with Crippen LogP contribution in [0.5, 0.6) is 5.75 Å². The molecule has 1 aromatic rings. The zero-order valence-corrected chi connectivity index (χ0v) is 7.32. The number of hydrogen-bond acceptors (Lipinski definition) is 3. The van der Waals surface area contributed by atoms with Crippen LogP contribution in [-0.4, -0.2) is 11.5 Å². The average Bonchev–Trinajstić information content (AvgIpc) is 2.15. The van der Waals surface area contributed by atoms with E-state index < -0.39 is 4.92 Å². The predicted molar refractivity (Wildman–Crippen MR) is 47.7 cm³/mol. The molecule has 1 radical (unpaired) electrons. The van der Waals surface area contributed by atoms with Crippen molar-refractivity contribution in [2.24, 2.45) is 0 Å². The highest BCUT2D eigenvalue weighted by Gasteiger charge is 2.03. The summed E-state index contributed by atoms with van der Waals surface area (Å²) in [4.78, 5) is 9.81. The maximum Gasteiger partial charge on any atom is 0.270 e. The number of hydrogen-bond donors (Lipinski definition) is 0. The van der Waals surface area contributed by atoms with Crippen molar-refractivity contribution in [3.63, 3.8) is 0 Å². The number of benzene rings is 1. The molecule has 0 spiro atoms. The molecule has 4 heteroatoms. The lowest BCUT2D eigenvalue weighted by Gasteiger charge is -2.01. The number of nitro benzene ring substituents is 1. The largest absolute Gasteiger partial charge is 0.493 e. The van der Waals surface area contributed by atoms with Gasteiger partial charge in [0.1, 0.15) is 5.75 Å². The summed E-state index contributed by atoms with van der Waals surface area (Å²) in [5.41, 5.74) is 0.0313. The first kappa shape index (κ1) is 9.51. The highest BCUT2D eigenvalue weighted by molar-refractivity contribution is 5.34. The third kappa shape index (κ3) is 2.74. The zero-order chi connectivity index (χ0) is 9.68. The van der Waals surface area contributed by atoms with E-state index in [4.69, 9.17) is 4.74 Å². The Kier molecular flexibility index (Phi) is 3.25. The third-order valence-electron chi connectivity index (χ3n) is 1.44. The summed E-state index contributed by atoms with van der Waals surface area (Å²) < 4.78 is 5.21. The van der Waals surface area contributed by atoms with Gasteiger partial charge in [0.05, 0.1) is 11.5 Å². The first-order chi connectivity index (χ1) is 6.24. The minimum absolute atomic E-state index is 0.0313. The van der Waals surface area contributed by atoms with E-state index in [0.29, 0.717) is 12.4 Å². The smallest absolute Gasteiger partial charge is 0.270 e. The van der Waals surface area contributed by atoms with Gasteiger partial charge in [0.15, 0.2) is 0 Å². The zero-order valence-electron chi connectivity index (χ0n) is 7.32. The van der Waals surface area contributed by atoms with Crippen LogP contribution in [0.15, 0.2) is 18.2 Å². The van der Waals surface area contributed by atoms with Crippen molar-refractivity contribution in [3.05, 3.63) is 34.4 Å². The summed E-state index contributed by atoms with van der Waals surface area (Å²) in [6, 6.07) is 6.95. The molecule has 1 rings (SSSR count). The number of nitrogens with zero attached hydrogens (tertiary/aromatic N) is 1. The minimum Gasteiger partial charge on any atom is -0.493 e. The van der Waals surface area contributed by atoms with Gasteiger partial charge in [-0.05, 0) is 12.5 Å². The molecule has 13 heavy (non-hydrogen) atoms. The molecule has 0 heterocycles. The van der Waals surface area contributed by atoms with Gasteiger partial charge in [-0.15, -0.1) is 0 Å². The Labute approximate surface area is 76.3 Å². The molecular weight excluding hydrogens is 170 g/mol. The van der Waals surface area contributed by atoms with E-state index in [1.54, 1.807) is 6.07 Å².